The third-order valence-corrected chi connectivity index (χ3v) is 4.12. The minimum Gasteiger partial charge on any atom is -0.497 e. The van der Waals surface area contributed by atoms with Crippen LogP contribution in [0.2, 0.25) is 0 Å². The molecule has 0 aliphatic heterocycles. The summed E-state index contributed by atoms with van der Waals surface area (Å²) in [5.41, 5.74) is 0. The molecule has 90 valence electrons. The Balaban J connectivity index is 2.31. The summed E-state index contributed by atoms with van der Waals surface area (Å²) in [5, 5.41) is 2.01. The van der Waals surface area contributed by atoms with Gasteiger partial charge in [-0.15, -0.1) is 0 Å². The molecule has 2 nitrogen and oxygen atoms in total. The van der Waals surface area contributed by atoms with Crippen LogP contribution in [0.1, 0.15) is 6.42 Å². The quantitative estimate of drug-likeness (QED) is 0.694. The third-order valence-electron chi connectivity index (χ3n) is 2.29. The van der Waals surface area contributed by atoms with Gasteiger partial charge in [0, 0.05) is 10.7 Å². The van der Waals surface area contributed by atoms with Gasteiger partial charge in [0.15, 0.2) is 0 Å². The smallest absolute Gasteiger partial charge is 0.119 e. The molecule has 0 spiro atoms. The van der Waals surface area contributed by atoms with Gasteiger partial charge in [-0.25, -0.2) is 0 Å². The van der Waals surface area contributed by atoms with E-state index in [1.54, 1.807) is 7.11 Å². The summed E-state index contributed by atoms with van der Waals surface area (Å²) in [6.45, 7) is 0.744. The van der Waals surface area contributed by atoms with E-state index in [2.05, 4.69) is 31.9 Å². The lowest BCUT2D eigenvalue weighted by atomic mass is 10.1. The van der Waals surface area contributed by atoms with Crippen molar-refractivity contribution >= 4 is 31.9 Å². The number of methoxy groups -OCH3 is 1. The van der Waals surface area contributed by atoms with Gasteiger partial charge in [-0.1, -0.05) is 31.9 Å². The van der Waals surface area contributed by atoms with Gasteiger partial charge in [0.25, 0.3) is 0 Å². The SMILES string of the molecule is COc1ccc(OCCC(CBr)CBr)cc1. The van der Waals surface area contributed by atoms with Crippen LogP contribution in [0.3, 0.4) is 0 Å². The van der Waals surface area contributed by atoms with E-state index >= 15 is 0 Å². The Morgan fingerprint density at radius 1 is 1.06 bits per heavy atom. The first-order chi connectivity index (χ1) is 7.80. The second-order valence-electron chi connectivity index (χ2n) is 3.49. The van der Waals surface area contributed by atoms with E-state index in [-0.39, 0.29) is 0 Å². The van der Waals surface area contributed by atoms with Gasteiger partial charge in [-0.05, 0) is 36.6 Å². The van der Waals surface area contributed by atoms with Gasteiger partial charge in [-0.2, -0.15) is 0 Å². The second kappa shape index (κ2) is 7.96. The monoisotopic (exact) mass is 350 g/mol. The summed E-state index contributed by atoms with van der Waals surface area (Å²) in [6, 6.07) is 7.66. The highest BCUT2D eigenvalue weighted by Crippen LogP contribution is 2.18. The molecule has 0 bridgehead atoms. The fourth-order valence-corrected chi connectivity index (χ4v) is 2.93. The van der Waals surface area contributed by atoms with Gasteiger partial charge < -0.3 is 9.47 Å². The molecule has 0 saturated heterocycles. The fraction of sp³-hybridized carbons (Fsp3) is 0.500. The first-order valence-corrected chi connectivity index (χ1v) is 7.43. The van der Waals surface area contributed by atoms with Gasteiger partial charge >= 0.3 is 0 Å². The van der Waals surface area contributed by atoms with E-state index < -0.39 is 0 Å². The molecule has 4 heteroatoms. The van der Waals surface area contributed by atoms with Crippen molar-refractivity contribution in [1.82, 2.24) is 0 Å². The molecular weight excluding hydrogens is 336 g/mol. The second-order valence-corrected chi connectivity index (χ2v) is 4.78. The van der Waals surface area contributed by atoms with E-state index in [1.165, 1.54) is 0 Å². The van der Waals surface area contributed by atoms with E-state index in [0.717, 1.165) is 35.2 Å². The lowest BCUT2D eigenvalue weighted by molar-refractivity contribution is 0.292. The summed E-state index contributed by atoms with van der Waals surface area (Å²) in [7, 11) is 1.66. The van der Waals surface area contributed by atoms with E-state index in [9.17, 15) is 0 Å². The van der Waals surface area contributed by atoms with Crippen molar-refractivity contribution < 1.29 is 9.47 Å². The van der Waals surface area contributed by atoms with Crippen molar-refractivity contribution in [2.24, 2.45) is 5.92 Å². The van der Waals surface area contributed by atoms with Crippen molar-refractivity contribution in [3.63, 3.8) is 0 Å². The molecule has 0 radical (unpaired) electrons. The van der Waals surface area contributed by atoms with Crippen molar-refractivity contribution in [1.29, 1.82) is 0 Å². The zero-order valence-corrected chi connectivity index (χ0v) is 12.5. The molecule has 0 heterocycles. The van der Waals surface area contributed by atoms with Gasteiger partial charge in [-0.3, -0.25) is 0 Å². The molecule has 1 aromatic rings. The first kappa shape index (κ1) is 13.8. The Morgan fingerprint density at radius 2 is 1.62 bits per heavy atom. The normalized spacial score (nSPS) is 10.5. The maximum Gasteiger partial charge on any atom is 0.119 e. The zero-order chi connectivity index (χ0) is 11.8. The Kier molecular flexibility index (Phi) is 6.88. The zero-order valence-electron chi connectivity index (χ0n) is 9.29. The standard InChI is InChI=1S/C12H16Br2O2/c1-15-11-2-4-12(5-3-11)16-7-6-10(8-13)9-14/h2-5,10H,6-9H2,1H3. The molecule has 0 amide bonds. The van der Waals surface area contributed by atoms with Crippen molar-refractivity contribution in [3.8, 4) is 11.5 Å². The first-order valence-electron chi connectivity index (χ1n) is 5.19. The summed E-state index contributed by atoms with van der Waals surface area (Å²) in [4.78, 5) is 0. The van der Waals surface area contributed by atoms with Gasteiger partial charge in [0.1, 0.15) is 11.5 Å². The van der Waals surface area contributed by atoms with Crippen LogP contribution < -0.4 is 9.47 Å². The van der Waals surface area contributed by atoms with Crippen molar-refractivity contribution in [2.75, 3.05) is 24.4 Å². The number of benzene rings is 1. The highest BCUT2D eigenvalue weighted by molar-refractivity contribution is 9.09. The molecule has 0 unspecified atom stereocenters. The summed E-state index contributed by atoms with van der Waals surface area (Å²) >= 11 is 6.96. The van der Waals surface area contributed by atoms with Gasteiger partial charge in [0.2, 0.25) is 0 Å². The third kappa shape index (κ3) is 4.74. The molecule has 16 heavy (non-hydrogen) atoms. The highest BCUT2D eigenvalue weighted by atomic mass is 79.9. The molecule has 0 saturated carbocycles. The Hall–Kier alpha value is -0.220. The molecule has 0 atom stereocenters. The Morgan fingerprint density at radius 3 is 2.12 bits per heavy atom. The summed E-state index contributed by atoms with van der Waals surface area (Å²) in [6.07, 6.45) is 1.04. The topological polar surface area (TPSA) is 18.5 Å². The molecule has 0 aromatic heterocycles. The van der Waals surface area contributed by atoms with Crippen LogP contribution in [0.15, 0.2) is 24.3 Å². The lowest BCUT2D eigenvalue weighted by Crippen LogP contribution is -2.09. The summed E-state index contributed by atoms with van der Waals surface area (Å²) in [5.74, 6) is 2.37. The molecule has 0 aliphatic rings. The lowest BCUT2D eigenvalue weighted by Gasteiger charge is -2.11. The molecule has 1 rings (SSSR count). The average molecular weight is 352 g/mol. The number of ether oxygens (including phenoxy) is 2. The number of rotatable bonds is 7. The minimum atomic E-state index is 0.623. The minimum absolute atomic E-state index is 0.623. The largest absolute Gasteiger partial charge is 0.497 e. The van der Waals surface area contributed by atoms with E-state index in [0.29, 0.717) is 5.92 Å². The number of alkyl halides is 2. The van der Waals surface area contributed by atoms with Crippen molar-refractivity contribution in [3.05, 3.63) is 24.3 Å². The maximum absolute atomic E-state index is 5.64. The average Bonchev–Trinajstić information content (AvgIpc) is 2.35. The van der Waals surface area contributed by atoms with E-state index in [1.807, 2.05) is 24.3 Å². The molecule has 1 aromatic carbocycles. The Labute approximate surface area is 114 Å². The summed E-state index contributed by atoms with van der Waals surface area (Å²) < 4.78 is 10.7. The number of hydrogen-bond donors (Lipinski definition) is 0. The number of halogens is 2. The van der Waals surface area contributed by atoms with Crippen LogP contribution in [0.5, 0.6) is 11.5 Å². The molecule has 0 aliphatic carbocycles. The van der Waals surface area contributed by atoms with Crippen LogP contribution in [0, 0.1) is 5.92 Å². The highest BCUT2D eigenvalue weighted by Gasteiger charge is 2.05. The fourth-order valence-electron chi connectivity index (χ4n) is 1.21. The van der Waals surface area contributed by atoms with Crippen LogP contribution in [0.4, 0.5) is 0 Å². The van der Waals surface area contributed by atoms with Crippen molar-refractivity contribution in [2.45, 2.75) is 6.42 Å². The number of hydrogen-bond acceptors (Lipinski definition) is 2. The van der Waals surface area contributed by atoms with Crippen LogP contribution in [-0.4, -0.2) is 24.4 Å². The van der Waals surface area contributed by atoms with E-state index in [4.69, 9.17) is 9.47 Å². The van der Waals surface area contributed by atoms with Gasteiger partial charge in [0.05, 0.1) is 13.7 Å². The predicted octanol–water partition coefficient (Wildman–Crippen LogP) is 3.87. The molecule has 0 fully saturated rings. The molecule has 0 N–H and O–H groups in total. The maximum atomic E-state index is 5.64. The van der Waals surface area contributed by atoms with Crippen LogP contribution in [-0.2, 0) is 0 Å². The Bertz CT molecular complexity index is 284. The molecular formula is C12H16Br2O2. The van der Waals surface area contributed by atoms with Crippen LogP contribution >= 0.6 is 31.9 Å². The predicted molar refractivity (Wildman–Crippen MR) is 74.2 cm³/mol. The van der Waals surface area contributed by atoms with Crippen LogP contribution in [0.25, 0.3) is 0 Å².